The predicted molar refractivity (Wildman–Crippen MR) is 84.2 cm³/mol. The van der Waals surface area contributed by atoms with Gasteiger partial charge >= 0.3 is 6.18 Å². The lowest BCUT2D eigenvalue weighted by Gasteiger charge is -2.23. The molecule has 1 saturated heterocycles. The highest BCUT2D eigenvalue weighted by atomic mass is 32.1. The highest BCUT2D eigenvalue weighted by molar-refractivity contribution is 7.09. The Bertz CT molecular complexity index is 750. The maximum atomic E-state index is 12.5. The first-order valence-corrected chi connectivity index (χ1v) is 8.66. The molecule has 0 aromatic carbocycles. The molecule has 3 rings (SSSR count). The third-order valence-corrected chi connectivity index (χ3v) is 4.89. The zero-order valence-electron chi connectivity index (χ0n) is 13.4. The number of carbonyl (C=O) groups excluding carboxylic acids is 1. The van der Waals surface area contributed by atoms with Crippen molar-refractivity contribution in [3.05, 3.63) is 27.5 Å². The van der Waals surface area contributed by atoms with E-state index in [1.807, 2.05) is 0 Å². The first-order valence-electron chi connectivity index (χ1n) is 7.78. The fraction of sp³-hybridized carbons (Fsp3) is 0.571. The van der Waals surface area contributed by atoms with Crippen LogP contribution < -0.4 is 10.6 Å². The van der Waals surface area contributed by atoms with E-state index in [4.69, 9.17) is 0 Å². The van der Waals surface area contributed by atoms with E-state index in [1.165, 1.54) is 0 Å². The van der Waals surface area contributed by atoms with E-state index in [2.05, 4.69) is 25.9 Å². The minimum atomic E-state index is -4.48. The number of nitrogens with one attached hydrogen (secondary N) is 2. The average Bonchev–Trinajstić information content (AvgIpc) is 3.20. The van der Waals surface area contributed by atoms with E-state index in [0.29, 0.717) is 5.69 Å². The van der Waals surface area contributed by atoms with Gasteiger partial charge in [-0.1, -0.05) is 5.21 Å². The first kappa shape index (κ1) is 17.8. The second kappa shape index (κ2) is 7.08. The molecule has 0 radical (unpaired) electrons. The van der Waals surface area contributed by atoms with Crippen molar-refractivity contribution >= 4 is 17.2 Å². The summed E-state index contributed by atoms with van der Waals surface area (Å²) in [4.78, 5) is 15.7. The van der Waals surface area contributed by atoms with Crippen LogP contribution in [0.4, 0.5) is 13.2 Å². The van der Waals surface area contributed by atoms with Gasteiger partial charge in [-0.25, -0.2) is 9.67 Å². The molecule has 2 aromatic heterocycles. The number of halogens is 3. The fourth-order valence-electron chi connectivity index (χ4n) is 2.71. The number of hydrogen-bond acceptors (Lipinski definition) is 6. The van der Waals surface area contributed by atoms with Gasteiger partial charge in [0, 0.05) is 5.38 Å². The van der Waals surface area contributed by atoms with Crippen LogP contribution in [-0.4, -0.2) is 39.0 Å². The van der Waals surface area contributed by atoms with Crippen LogP contribution in [0, 0.1) is 6.92 Å². The monoisotopic (exact) mass is 374 g/mol. The Hall–Kier alpha value is -2.01. The lowest BCUT2D eigenvalue weighted by atomic mass is 10.1. The third kappa shape index (κ3) is 3.98. The SMILES string of the molecule is Cc1c(C(=O)NCc2nc(C(F)(F)F)cs2)nnn1C1CCNCC1. The van der Waals surface area contributed by atoms with E-state index in [-0.39, 0.29) is 23.3 Å². The topological polar surface area (TPSA) is 84.7 Å². The van der Waals surface area contributed by atoms with Crippen molar-refractivity contribution in [3.8, 4) is 0 Å². The maximum Gasteiger partial charge on any atom is 0.434 e. The minimum Gasteiger partial charge on any atom is -0.344 e. The van der Waals surface area contributed by atoms with Gasteiger partial charge in [-0.3, -0.25) is 4.79 Å². The Morgan fingerprint density at radius 2 is 2.16 bits per heavy atom. The van der Waals surface area contributed by atoms with Crippen molar-refractivity contribution in [2.24, 2.45) is 0 Å². The Morgan fingerprint density at radius 1 is 1.44 bits per heavy atom. The summed E-state index contributed by atoms with van der Waals surface area (Å²) in [5.41, 5.74) is -0.111. The van der Waals surface area contributed by atoms with Crippen LogP contribution >= 0.6 is 11.3 Å². The predicted octanol–water partition coefficient (Wildman–Crippen LogP) is 1.92. The lowest BCUT2D eigenvalue weighted by Crippen LogP contribution is -2.30. The van der Waals surface area contributed by atoms with Gasteiger partial charge in [0.05, 0.1) is 18.3 Å². The minimum absolute atomic E-state index is 0.0841. The molecule has 3 heterocycles. The molecule has 1 fully saturated rings. The van der Waals surface area contributed by atoms with Crippen molar-refractivity contribution < 1.29 is 18.0 Å². The molecule has 0 unspecified atom stereocenters. The average molecular weight is 374 g/mol. The standard InChI is InChI=1S/C14H17F3N6OS/c1-8-12(21-22-23(8)9-2-4-18-5-3-9)13(24)19-6-11-20-10(7-25-11)14(15,16)17/h7,9,18H,2-6H2,1H3,(H,19,24). The van der Waals surface area contributed by atoms with Gasteiger partial charge in [-0.05, 0) is 32.9 Å². The van der Waals surface area contributed by atoms with Gasteiger partial charge in [0.1, 0.15) is 5.01 Å². The van der Waals surface area contributed by atoms with Gasteiger partial charge in [-0.2, -0.15) is 13.2 Å². The number of nitrogens with zero attached hydrogens (tertiary/aromatic N) is 4. The zero-order chi connectivity index (χ0) is 18.0. The molecule has 136 valence electrons. The molecule has 1 aliphatic heterocycles. The quantitative estimate of drug-likeness (QED) is 0.854. The van der Waals surface area contributed by atoms with Gasteiger partial charge in [-0.15, -0.1) is 16.4 Å². The normalized spacial score (nSPS) is 16.2. The van der Waals surface area contributed by atoms with Gasteiger partial charge < -0.3 is 10.6 Å². The first-order chi connectivity index (χ1) is 11.9. The van der Waals surface area contributed by atoms with Crippen LogP contribution in [-0.2, 0) is 12.7 Å². The number of rotatable bonds is 4. The Balaban J connectivity index is 1.63. The largest absolute Gasteiger partial charge is 0.434 e. The van der Waals surface area contributed by atoms with Crippen molar-refractivity contribution in [1.82, 2.24) is 30.6 Å². The summed E-state index contributed by atoms with van der Waals surface area (Å²) in [5, 5.41) is 14.9. The summed E-state index contributed by atoms with van der Waals surface area (Å²) in [6.07, 6.45) is -2.66. The number of piperidine rings is 1. The number of alkyl halides is 3. The summed E-state index contributed by atoms with van der Waals surface area (Å²) in [5.74, 6) is -0.471. The number of amides is 1. The van der Waals surface area contributed by atoms with Gasteiger partial charge in [0.15, 0.2) is 11.4 Å². The molecule has 2 N–H and O–H groups in total. The van der Waals surface area contributed by atoms with Crippen LogP contribution in [0.2, 0.25) is 0 Å². The summed E-state index contributed by atoms with van der Waals surface area (Å²) in [6.45, 7) is 3.45. The van der Waals surface area contributed by atoms with Crippen LogP contribution in [0.25, 0.3) is 0 Å². The van der Waals surface area contributed by atoms with E-state index in [0.717, 1.165) is 42.6 Å². The molecule has 7 nitrogen and oxygen atoms in total. The number of carbonyl (C=O) groups is 1. The molecule has 0 aliphatic carbocycles. The zero-order valence-corrected chi connectivity index (χ0v) is 14.2. The molecule has 0 bridgehead atoms. The summed E-state index contributed by atoms with van der Waals surface area (Å²) in [6, 6.07) is 0.198. The van der Waals surface area contributed by atoms with Crippen molar-refractivity contribution in [3.63, 3.8) is 0 Å². The molecule has 0 saturated carbocycles. The van der Waals surface area contributed by atoms with E-state index >= 15 is 0 Å². The van der Waals surface area contributed by atoms with E-state index in [1.54, 1.807) is 11.6 Å². The molecule has 25 heavy (non-hydrogen) atoms. The summed E-state index contributed by atoms with van der Waals surface area (Å²) < 4.78 is 39.3. The Morgan fingerprint density at radius 3 is 2.80 bits per heavy atom. The third-order valence-electron chi connectivity index (χ3n) is 4.04. The van der Waals surface area contributed by atoms with Crippen LogP contribution in [0.5, 0.6) is 0 Å². The second-order valence-corrected chi connectivity index (χ2v) is 6.70. The molecule has 11 heteroatoms. The van der Waals surface area contributed by atoms with Crippen molar-refractivity contribution in [2.75, 3.05) is 13.1 Å². The van der Waals surface area contributed by atoms with E-state index < -0.39 is 17.8 Å². The van der Waals surface area contributed by atoms with Crippen LogP contribution in [0.3, 0.4) is 0 Å². The molecule has 2 aromatic rings. The highest BCUT2D eigenvalue weighted by Crippen LogP contribution is 2.30. The van der Waals surface area contributed by atoms with E-state index in [9.17, 15) is 18.0 Å². The maximum absolute atomic E-state index is 12.5. The molecular weight excluding hydrogens is 357 g/mol. The summed E-state index contributed by atoms with van der Waals surface area (Å²) in [7, 11) is 0. The number of thiazole rings is 1. The highest BCUT2D eigenvalue weighted by Gasteiger charge is 2.33. The number of aromatic nitrogens is 4. The smallest absolute Gasteiger partial charge is 0.344 e. The molecule has 0 atom stereocenters. The van der Waals surface area contributed by atoms with Gasteiger partial charge in [0.2, 0.25) is 0 Å². The Labute approximate surface area is 145 Å². The second-order valence-electron chi connectivity index (χ2n) is 5.76. The number of hydrogen-bond donors (Lipinski definition) is 2. The van der Waals surface area contributed by atoms with Crippen LogP contribution in [0.15, 0.2) is 5.38 Å². The summed E-state index contributed by atoms with van der Waals surface area (Å²) >= 11 is 0.852. The molecule has 1 amide bonds. The van der Waals surface area contributed by atoms with Crippen LogP contribution in [0.1, 0.15) is 45.8 Å². The molecule has 1 aliphatic rings. The molecule has 0 spiro atoms. The fourth-order valence-corrected chi connectivity index (χ4v) is 3.45. The van der Waals surface area contributed by atoms with Crippen molar-refractivity contribution in [1.29, 1.82) is 0 Å². The molecular formula is C14H17F3N6OS. The van der Waals surface area contributed by atoms with Crippen molar-refractivity contribution in [2.45, 2.75) is 38.5 Å². The van der Waals surface area contributed by atoms with Gasteiger partial charge in [0.25, 0.3) is 5.91 Å². The lowest BCUT2D eigenvalue weighted by molar-refractivity contribution is -0.140. The Kier molecular flexibility index (Phi) is 5.04.